The van der Waals surface area contributed by atoms with Crippen molar-refractivity contribution >= 4 is 64.6 Å². The number of hydrogen-bond acceptors (Lipinski definition) is 21. The van der Waals surface area contributed by atoms with Crippen LogP contribution in [0.2, 0.25) is 10.0 Å². The molecule has 0 saturated carbocycles. The smallest absolute Gasteiger partial charge is 0.333 e. The molecule has 0 unspecified atom stereocenters. The molecular weight excluding hydrogens is 1290 g/mol. The summed E-state index contributed by atoms with van der Waals surface area (Å²) in [5.74, 6) is -12.2. The zero-order chi connectivity index (χ0) is 68.4. The number of aliphatic hydroxyl groups excluding tert-OH is 1. The van der Waals surface area contributed by atoms with Gasteiger partial charge in [-0.15, -0.1) is 0 Å². The fourth-order valence-electron chi connectivity index (χ4n) is 11.4. The molecule has 0 aliphatic carbocycles. The fraction of sp³-hybridized carbons (Fsp3) is 0.269. The second-order valence-corrected chi connectivity index (χ2v) is 24.2. The van der Waals surface area contributed by atoms with Crippen LogP contribution >= 0.6 is 23.2 Å². The number of methoxy groups -OCH3 is 1. The van der Waals surface area contributed by atoms with E-state index in [1.54, 1.807) is 6.07 Å². The van der Waals surface area contributed by atoms with Crippen molar-refractivity contribution in [2.24, 2.45) is 5.73 Å². The number of esters is 1. The number of fused-ring (bicyclic) bond motifs is 14. The standard InChI is InChI=1S/C67H65Cl2N9O18/c1-78(2)16-15-71-14-4-5-17-93-60-50-25-35-26-51(60)96-48-13-9-33(23-42(48)69)59(84)58-66(90)76-57(67(91)92-3)40-28-37(80)29-46(83)52(40)39-22-32(8-10-44(39)81)54(63(87)77-58)74-65(89)56(35)75-64(88)55-34-20-36(79)27-38(21-34)94-49-24-31(7-11-45(49)82)53(70)62(86)72-43(61(85)73-55)19-30-6-12-47(95-50)41(68)18-30/h6-13,18,20-29,43,53-59,71,79-84H,4-5,14-17,19,70H2,1-3H3,(H,72,86)(H,73,85)(H,74,89)(H,75,88)(H,76,90)(H,77,87)/t43-,53-,54-,55+,56-,57-,58+,59-/m1/s1. The van der Waals surface area contributed by atoms with Gasteiger partial charge < -0.3 is 102 Å². The molecule has 8 atom stereocenters. The van der Waals surface area contributed by atoms with Crippen molar-refractivity contribution in [3.63, 3.8) is 0 Å². The molecule has 7 aromatic rings. The van der Waals surface area contributed by atoms with E-state index in [-0.39, 0.29) is 108 Å². The summed E-state index contributed by atoms with van der Waals surface area (Å²) in [6.45, 7) is 2.13. The first kappa shape index (κ1) is 66.9. The number of carbonyl (C=O) groups is 7. The Balaban J connectivity index is 1.14. The number of nitrogens with two attached hydrogens (primary N) is 1. The lowest BCUT2D eigenvalue weighted by atomic mass is 9.89. The molecule has 15 N–H and O–H groups in total. The highest BCUT2D eigenvalue weighted by atomic mass is 35.5. The van der Waals surface area contributed by atoms with E-state index in [0.717, 1.165) is 50.1 Å². The van der Waals surface area contributed by atoms with E-state index < -0.39 is 119 Å². The lowest BCUT2D eigenvalue weighted by Gasteiger charge is -2.31. The van der Waals surface area contributed by atoms with Crippen LogP contribution in [0.4, 0.5) is 0 Å². The second-order valence-electron chi connectivity index (χ2n) is 23.4. The topological polar surface area (TPSA) is 400 Å². The molecule has 0 radical (unpaired) electrons. The average molecular weight is 1360 g/mol. The third-order valence-corrected chi connectivity index (χ3v) is 16.9. The van der Waals surface area contributed by atoms with Crippen molar-refractivity contribution in [3.8, 4) is 80.1 Å². The summed E-state index contributed by atoms with van der Waals surface area (Å²) in [5, 5.41) is 87.7. The summed E-state index contributed by atoms with van der Waals surface area (Å²) in [6, 6.07) is 10.2. The molecular formula is C67H65Cl2N9O18. The number of nitrogens with one attached hydrogen (secondary N) is 7. The molecule has 29 heteroatoms. The van der Waals surface area contributed by atoms with Crippen LogP contribution in [0, 0.1) is 0 Å². The number of halogens is 2. The maximum Gasteiger partial charge on any atom is 0.333 e. The first-order valence-corrected chi connectivity index (χ1v) is 30.8. The molecule has 0 fully saturated rings. The fourth-order valence-corrected chi connectivity index (χ4v) is 11.9. The lowest BCUT2D eigenvalue weighted by molar-refractivity contribution is -0.146. The number of likely N-dealkylation sites (N-methyl/N-ethyl adjacent to an activating group) is 1. The number of hydrogen-bond donors (Lipinski definition) is 14. The van der Waals surface area contributed by atoms with E-state index in [1.807, 2.05) is 19.0 Å². The largest absolute Gasteiger partial charge is 0.508 e. The monoisotopic (exact) mass is 1350 g/mol. The van der Waals surface area contributed by atoms with Gasteiger partial charge in [0, 0.05) is 48.3 Å². The van der Waals surface area contributed by atoms with Gasteiger partial charge in [0.1, 0.15) is 82.6 Å². The number of phenolic OH excluding ortho intramolecular Hbond substituents is 5. The third kappa shape index (κ3) is 14.4. The number of carbonyl (C=O) groups excluding carboxylic acids is 7. The van der Waals surface area contributed by atoms with Crippen LogP contribution in [0.25, 0.3) is 11.1 Å². The number of benzene rings is 7. The van der Waals surface area contributed by atoms with Crippen molar-refractivity contribution in [1.82, 2.24) is 42.1 Å². The number of nitrogens with zero attached hydrogens (tertiary/aromatic N) is 1. The normalized spacial score (nSPS) is 20.9. The molecule has 13 rings (SSSR count). The summed E-state index contributed by atoms with van der Waals surface area (Å²) >= 11 is 14.2. The minimum absolute atomic E-state index is 0.0148. The van der Waals surface area contributed by atoms with Gasteiger partial charge in [-0.25, -0.2) is 4.79 Å². The Labute approximate surface area is 557 Å². The van der Waals surface area contributed by atoms with Crippen molar-refractivity contribution in [2.75, 3.05) is 47.4 Å². The lowest BCUT2D eigenvalue weighted by Crippen LogP contribution is -2.55. The SMILES string of the molecule is COC(=O)[C@@H]1NC(=O)[C@H]2NC(=O)[C@H](NC(=O)[C@@H]3NC(=O)[C@H]4NC(=O)[C@@H](Cc5ccc(c(Cl)c5)Oc5cc3cc(c5OCCCCNCCN(C)C)Oc3ccc(cc3Cl)[C@H]2O)NC(=O)[C@H](N)c2ccc(O)c(c2)Oc2cc(O)cc4c2)c2ccc(O)c(c2)-c2c(O)cc(O)cc21. The Hall–Kier alpha value is -10.6. The van der Waals surface area contributed by atoms with Crippen LogP contribution in [0.1, 0.15) is 88.1 Å². The predicted molar refractivity (Wildman–Crippen MR) is 344 cm³/mol. The number of amides is 6. The molecule has 96 heavy (non-hydrogen) atoms. The molecule has 6 aliphatic heterocycles. The highest BCUT2D eigenvalue weighted by Gasteiger charge is 2.42. The highest BCUT2D eigenvalue weighted by Crippen LogP contribution is 2.49. The summed E-state index contributed by atoms with van der Waals surface area (Å²) in [7, 11) is 4.89. The van der Waals surface area contributed by atoms with E-state index in [9.17, 15) is 45.0 Å². The highest BCUT2D eigenvalue weighted by molar-refractivity contribution is 6.32. The molecule has 7 aromatic carbocycles. The minimum Gasteiger partial charge on any atom is -0.508 e. The van der Waals surface area contributed by atoms with E-state index in [1.165, 1.54) is 72.8 Å². The van der Waals surface area contributed by atoms with Gasteiger partial charge in [-0.05, 0) is 146 Å². The van der Waals surface area contributed by atoms with Gasteiger partial charge in [-0.2, -0.15) is 0 Å². The molecule has 17 bridgehead atoms. The maximum atomic E-state index is 16.1. The van der Waals surface area contributed by atoms with Crippen molar-refractivity contribution < 1.29 is 87.9 Å². The van der Waals surface area contributed by atoms with E-state index in [4.69, 9.17) is 52.6 Å². The number of phenols is 5. The Bertz CT molecular complexity index is 4270. The zero-order valence-electron chi connectivity index (χ0n) is 51.4. The number of aliphatic hydroxyl groups is 1. The zero-order valence-corrected chi connectivity index (χ0v) is 52.9. The molecule has 500 valence electrons. The van der Waals surface area contributed by atoms with E-state index in [2.05, 4.69) is 37.2 Å². The molecule has 0 spiro atoms. The summed E-state index contributed by atoms with van der Waals surface area (Å²) in [5.41, 5.74) is 5.17. The summed E-state index contributed by atoms with van der Waals surface area (Å²) < 4.78 is 31.1. The van der Waals surface area contributed by atoms with E-state index >= 15 is 19.2 Å². The quantitative estimate of drug-likeness (QED) is 0.0578. The van der Waals surface area contributed by atoms with Gasteiger partial charge in [0.05, 0.1) is 23.8 Å². The first-order chi connectivity index (χ1) is 45.9. The Kier molecular flexibility index (Phi) is 19.6. The van der Waals surface area contributed by atoms with Crippen molar-refractivity contribution in [1.29, 1.82) is 0 Å². The van der Waals surface area contributed by atoms with Gasteiger partial charge in [-0.3, -0.25) is 28.8 Å². The van der Waals surface area contributed by atoms with Gasteiger partial charge in [-0.1, -0.05) is 47.5 Å². The van der Waals surface area contributed by atoms with Gasteiger partial charge in [0.25, 0.3) is 0 Å². The van der Waals surface area contributed by atoms with Crippen LogP contribution in [-0.2, 0) is 44.7 Å². The average Bonchev–Trinajstić information content (AvgIpc) is 0.771. The molecule has 0 aromatic heterocycles. The van der Waals surface area contributed by atoms with Gasteiger partial charge in [0.15, 0.2) is 29.0 Å². The van der Waals surface area contributed by atoms with Crippen LogP contribution in [0.5, 0.6) is 69.0 Å². The van der Waals surface area contributed by atoms with Crippen LogP contribution in [-0.4, -0.2) is 136 Å². The minimum atomic E-state index is -2.13. The van der Waals surface area contributed by atoms with Crippen molar-refractivity contribution in [3.05, 3.63) is 164 Å². The summed E-state index contributed by atoms with van der Waals surface area (Å²) in [4.78, 5) is 108. The third-order valence-electron chi connectivity index (χ3n) is 16.3. The molecule has 27 nitrogen and oxygen atoms in total. The predicted octanol–water partition coefficient (Wildman–Crippen LogP) is 5.68. The maximum absolute atomic E-state index is 16.1. The Morgan fingerprint density at radius 3 is 1.89 bits per heavy atom. The molecule has 6 aliphatic rings. The number of aromatic hydroxyl groups is 5. The number of ether oxygens (including phenoxy) is 5. The number of unbranched alkanes of at least 4 members (excludes halogenated alkanes) is 1. The van der Waals surface area contributed by atoms with Gasteiger partial charge in [0.2, 0.25) is 41.2 Å². The molecule has 6 amide bonds. The molecule has 6 heterocycles. The van der Waals surface area contributed by atoms with Crippen molar-refractivity contribution in [2.45, 2.75) is 67.7 Å². The second kappa shape index (κ2) is 28.2. The van der Waals surface area contributed by atoms with Gasteiger partial charge >= 0.3 is 5.97 Å². The number of rotatable bonds is 10. The van der Waals surface area contributed by atoms with Crippen LogP contribution < -0.4 is 61.9 Å². The Morgan fingerprint density at radius 1 is 0.583 bits per heavy atom. The van der Waals surface area contributed by atoms with Crippen LogP contribution in [0.15, 0.2) is 115 Å². The summed E-state index contributed by atoms with van der Waals surface area (Å²) in [6.07, 6.45) is -1.31. The molecule has 0 saturated heterocycles. The van der Waals surface area contributed by atoms with Crippen LogP contribution in [0.3, 0.4) is 0 Å². The first-order valence-electron chi connectivity index (χ1n) is 30.1. The van der Waals surface area contributed by atoms with E-state index in [0.29, 0.717) is 31.5 Å². The Morgan fingerprint density at radius 2 is 1.20 bits per heavy atom.